The Morgan fingerprint density at radius 1 is 1.58 bits per heavy atom. The fourth-order valence-corrected chi connectivity index (χ4v) is 0.958. The van der Waals surface area contributed by atoms with Gasteiger partial charge in [-0.05, 0) is 6.07 Å². The number of halogens is 3. The Balaban J connectivity index is 3.22. The second-order valence-corrected chi connectivity index (χ2v) is 2.40. The van der Waals surface area contributed by atoms with E-state index in [4.69, 9.17) is 11.6 Å². The molecule has 0 aliphatic carbocycles. The highest BCUT2D eigenvalue weighted by atomic mass is 35.5. The first-order valence-electron chi connectivity index (χ1n) is 3.04. The predicted octanol–water partition coefficient (Wildman–Crippen LogP) is 2.49. The molecule has 0 radical (unpaired) electrons. The van der Waals surface area contributed by atoms with Crippen LogP contribution in [0.4, 0.5) is 8.78 Å². The summed E-state index contributed by atoms with van der Waals surface area (Å²) in [6, 6.07) is 1.28. The highest BCUT2D eigenvalue weighted by Gasteiger charge is 2.15. The maximum atomic E-state index is 12.1. The lowest BCUT2D eigenvalue weighted by atomic mass is 10.2. The predicted molar refractivity (Wildman–Crippen MR) is 39.6 cm³/mol. The number of pyridine rings is 1. The standard InChI is InChI=1S/C7H4ClF2NO/c8-5-4(3-12)1-2-11-6(5)7(9)10/h1-3,7H. The molecule has 0 saturated carbocycles. The van der Waals surface area contributed by atoms with Crippen LogP contribution >= 0.6 is 11.6 Å². The zero-order valence-corrected chi connectivity index (χ0v) is 6.55. The summed E-state index contributed by atoms with van der Waals surface area (Å²) in [6.45, 7) is 0. The molecule has 12 heavy (non-hydrogen) atoms. The number of rotatable bonds is 2. The van der Waals surface area contributed by atoms with Crippen LogP contribution in [0, 0.1) is 0 Å². The highest BCUT2D eigenvalue weighted by molar-refractivity contribution is 6.33. The number of carbonyl (C=O) groups excluding carboxylic acids is 1. The summed E-state index contributed by atoms with van der Waals surface area (Å²) >= 11 is 5.43. The molecule has 0 unspecified atom stereocenters. The molecule has 0 atom stereocenters. The van der Waals surface area contributed by atoms with E-state index < -0.39 is 12.1 Å². The van der Waals surface area contributed by atoms with Crippen molar-refractivity contribution in [2.45, 2.75) is 6.43 Å². The van der Waals surface area contributed by atoms with Gasteiger partial charge >= 0.3 is 0 Å². The van der Waals surface area contributed by atoms with E-state index in [1.807, 2.05) is 0 Å². The van der Waals surface area contributed by atoms with Crippen LogP contribution in [0.2, 0.25) is 5.02 Å². The molecule has 2 nitrogen and oxygen atoms in total. The first kappa shape index (κ1) is 9.06. The van der Waals surface area contributed by atoms with Crippen LogP contribution in [0.1, 0.15) is 22.5 Å². The van der Waals surface area contributed by atoms with Crippen molar-refractivity contribution >= 4 is 17.9 Å². The average Bonchev–Trinajstić information content (AvgIpc) is 2.04. The van der Waals surface area contributed by atoms with Gasteiger partial charge in [0.15, 0.2) is 6.29 Å². The summed E-state index contributed by atoms with van der Waals surface area (Å²) in [5.74, 6) is 0. The zero-order valence-electron chi connectivity index (χ0n) is 5.80. The second kappa shape index (κ2) is 3.58. The fourth-order valence-electron chi connectivity index (χ4n) is 0.719. The number of aromatic nitrogens is 1. The molecule has 0 aromatic carbocycles. The Kier molecular flexibility index (Phi) is 2.70. The number of hydrogen-bond donors (Lipinski definition) is 0. The van der Waals surface area contributed by atoms with E-state index in [1.165, 1.54) is 6.07 Å². The molecule has 0 saturated heterocycles. The highest BCUT2D eigenvalue weighted by Crippen LogP contribution is 2.26. The van der Waals surface area contributed by atoms with Gasteiger partial charge in [-0.2, -0.15) is 0 Å². The molecule has 1 aromatic heterocycles. The van der Waals surface area contributed by atoms with Crippen LogP contribution in [-0.4, -0.2) is 11.3 Å². The summed E-state index contributed by atoms with van der Waals surface area (Å²) in [5, 5.41) is -0.275. The minimum atomic E-state index is -2.75. The largest absolute Gasteiger partial charge is 0.298 e. The average molecular weight is 192 g/mol. The topological polar surface area (TPSA) is 30.0 Å². The Hall–Kier alpha value is -1.03. The van der Waals surface area contributed by atoms with Gasteiger partial charge in [-0.1, -0.05) is 11.6 Å². The van der Waals surface area contributed by atoms with Gasteiger partial charge in [0, 0.05) is 11.8 Å². The van der Waals surface area contributed by atoms with Crippen molar-refractivity contribution in [2.24, 2.45) is 0 Å². The molecule has 1 aromatic rings. The molecule has 64 valence electrons. The van der Waals surface area contributed by atoms with Crippen molar-refractivity contribution in [3.05, 3.63) is 28.5 Å². The second-order valence-electron chi connectivity index (χ2n) is 2.02. The van der Waals surface area contributed by atoms with Gasteiger partial charge in [0.2, 0.25) is 0 Å². The van der Waals surface area contributed by atoms with Gasteiger partial charge < -0.3 is 0 Å². The van der Waals surface area contributed by atoms with Crippen molar-refractivity contribution in [2.75, 3.05) is 0 Å². The summed E-state index contributed by atoms with van der Waals surface area (Å²) < 4.78 is 24.2. The smallest absolute Gasteiger partial charge is 0.281 e. The summed E-state index contributed by atoms with van der Waals surface area (Å²) in [6.07, 6.45) is -1.22. The number of carbonyl (C=O) groups is 1. The number of hydrogen-bond acceptors (Lipinski definition) is 2. The lowest BCUT2D eigenvalue weighted by Gasteiger charge is -2.01. The van der Waals surface area contributed by atoms with E-state index in [0.29, 0.717) is 6.29 Å². The first-order chi connectivity index (χ1) is 5.66. The van der Waals surface area contributed by atoms with Crippen LogP contribution < -0.4 is 0 Å². The van der Waals surface area contributed by atoms with Crippen molar-refractivity contribution in [1.29, 1.82) is 0 Å². The van der Waals surface area contributed by atoms with Crippen LogP contribution in [0.3, 0.4) is 0 Å². The van der Waals surface area contributed by atoms with Crippen LogP contribution in [0.25, 0.3) is 0 Å². The summed E-state index contributed by atoms with van der Waals surface area (Å²) in [4.78, 5) is 13.6. The molecule has 1 rings (SSSR count). The molecule has 1 heterocycles. The third-order valence-electron chi connectivity index (χ3n) is 1.28. The maximum Gasteiger partial charge on any atom is 0.281 e. The molecule has 0 spiro atoms. The fraction of sp³-hybridized carbons (Fsp3) is 0.143. The number of alkyl halides is 2. The lowest BCUT2D eigenvalue weighted by molar-refractivity contribution is 0.112. The van der Waals surface area contributed by atoms with E-state index >= 15 is 0 Å². The van der Waals surface area contributed by atoms with E-state index in [0.717, 1.165) is 6.20 Å². The van der Waals surface area contributed by atoms with Crippen LogP contribution in [0.5, 0.6) is 0 Å². The first-order valence-corrected chi connectivity index (χ1v) is 3.42. The molecular formula is C7H4ClF2NO. The van der Waals surface area contributed by atoms with Crippen molar-refractivity contribution in [3.63, 3.8) is 0 Å². The Labute approximate surface area is 72.2 Å². The van der Waals surface area contributed by atoms with Gasteiger partial charge in [-0.15, -0.1) is 0 Å². The molecule has 0 aliphatic rings. The van der Waals surface area contributed by atoms with Gasteiger partial charge in [0.1, 0.15) is 5.69 Å². The van der Waals surface area contributed by atoms with Crippen LogP contribution in [0.15, 0.2) is 12.3 Å². The SMILES string of the molecule is O=Cc1ccnc(C(F)F)c1Cl. The monoisotopic (exact) mass is 191 g/mol. The summed E-state index contributed by atoms with van der Waals surface area (Å²) in [7, 11) is 0. The van der Waals surface area contributed by atoms with E-state index in [2.05, 4.69) is 4.98 Å². The molecule has 0 N–H and O–H groups in total. The molecular weight excluding hydrogens is 188 g/mol. The Morgan fingerprint density at radius 2 is 2.25 bits per heavy atom. The summed E-state index contributed by atoms with van der Waals surface area (Å²) in [5.41, 5.74) is -0.525. The van der Waals surface area contributed by atoms with Gasteiger partial charge in [0.25, 0.3) is 6.43 Å². The number of nitrogens with zero attached hydrogens (tertiary/aromatic N) is 1. The molecule has 0 amide bonds. The molecule has 0 aliphatic heterocycles. The van der Waals surface area contributed by atoms with Crippen molar-refractivity contribution in [1.82, 2.24) is 4.98 Å². The Morgan fingerprint density at radius 3 is 2.75 bits per heavy atom. The maximum absolute atomic E-state index is 12.1. The normalized spacial score (nSPS) is 10.3. The Bertz CT molecular complexity index is 303. The lowest BCUT2D eigenvalue weighted by Crippen LogP contribution is -1.94. The van der Waals surface area contributed by atoms with E-state index in [-0.39, 0.29) is 10.6 Å². The zero-order chi connectivity index (χ0) is 9.14. The quantitative estimate of drug-likeness (QED) is 0.673. The molecule has 0 bridgehead atoms. The van der Waals surface area contributed by atoms with Crippen molar-refractivity contribution < 1.29 is 13.6 Å². The minimum Gasteiger partial charge on any atom is -0.298 e. The third kappa shape index (κ3) is 1.58. The van der Waals surface area contributed by atoms with Crippen LogP contribution in [-0.2, 0) is 0 Å². The minimum absolute atomic E-state index is 0.0296. The molecule has 5 heteroatoms. The molecule has 0 fully saturated rings. The van der Waals surface area contributed by atoms with E-state index in [1.54, 1.807) is 0 Å². The van der Waals surface area contributed by atoms with Crippen molar-refractivity contribution in [3.8, 4) is 0 Å². The third-order valence-corrected chi connectivity index (χ3v) is 1.69. The van der Waals surface area contributed by atoms with Gasteiger partial charge in [0.05, 0.1) is 5.02 Å². The van der Waals surface area contributed by atoms with Gasteiger partial charge in [-0.25, -0.2) is 8.78 Å². The van der Waals surface area contributed by atoms with Gasteiger partial charge in [-0.3, -0.25) is 9.78 Å². The van der Waals surface area contributed by atoms with E-state index in [9.17, 15) is 13.6 Å². The number of aldehydes is 1.